The average molecular weight is 1400 g/mol. The first-order valence-electron chi connectivity index (χ1n) is 35.7. The number of ether oxygens (including phenoxy) is 6. The summed E-state index contributed by atoms with van der Waals surface area (Å²) in [5.41, 5.74) is 9.70. The second kappa shape index (κ2) is 40.0. The van der Waals surface area contributed by atoms with Crippen molar-refractivity contribution in [3.05, 3.63) is 235 Å². The largest absolute Gasteiger partial charge is 0.496 e. The van der Waals surface area contributed by atoms with Gasteiger partial charge in [-0.05, 0) is 152 Å². The van der Waals surface area contributed by atoms with Crippen LogP contribution in [0.1, 0.15) is 183 Å². The molecule has 544 valence electrons. The van der Waals surface area contributed by atoms with Gasteiger partial charge in [-0.15, -0.1) is 0 Å². The van der Waals surface area contributed by atoms with E-state index < -0.39 is 11.2 Å². The van der Waals surface area contributed by atoms with Crippen LogP contribution in [0, 0.1) is 78.8 Å². The molecule has 4 aliphatic rings. The van der Waals surface area contributed by atoms with Gasteiger partial charge in [0.05, 0.1) is 34.0 Å². The second-order valence-corrected chi connectivity index (χ2v) is 27.8. The number of rotatable bonds is 27. The van der Waals surface area contributed by atoms with Crippen LogP contribution in [0.15, 0.2) is 212 Å². The van der Waals surface area contributed by atoms with E-state index in [1.165, 1.54) is 37.1 Å². The molecule has 2 atom stereocenters. The van der Waals surface area contributed by atoms with E-state index in [0.29, 0.717) is 11.1 Å². The number of nitrogens with zero attached hydrogens (tertiary/aromatic N) is 8. The molecule has 0 bridgehead atoms. The second-order valence-electron chi connectivity index (χ2n) is 27.8. The summed E-state index contributed by atoms with van der Waals surface area (Å²) >= 11 is 0. The number of anilines is 2. The van der Waals surface area contributed by atoms with Gasteiger partial charge in [0.1, 0.15) is 71.3 Å². The SMILES string of the molecule is C.CC1=C(C#N)C(=C(C#N)C#N)OC1(C)c1ccccc1.CCCCN(CCCC)c1ccc(/C=C/C2=C(OC)C(=C/C=C/C3=C(C#N)C(=C(C#N)C#N)OC3(C)c3ccccc3)/CC(C)(C)C2)c(OC)c1.CCCCN(CCCC)c1ccc(/C=C/C2=C(OC)C(=C/C=O)/CC(C)(C)C2)c(OC)c1. The number of hydrogen-bond acceptors (Lipinski definition) is 15. The van der Waals surface area contributed by atoms with Crippen molar-refractivity contribution in [1.82, 2.24) is 0 Å². The van der Waals surface area contributed by atoms with Gasteiger partial charge in [0.25, 0.3) is 0 Å². The fraction of sp³-hybridized carbons (Fsp3) is 0.404. The molecule has 15 heteroatoms. The van der Waals surface area contributed by atoms with Crippen molar-refractivity contribution in [1.29, 1.82) is 31.6 Å². The molecule has 2 aliphatic heterocycles. The van der Waals surface area contributed by atoms with Gasteiger partial charge in [-0.1, -0.05) is 192 Å². The smallest absolute Gasteiger partial charge is 0.172 e. The van der Waals surface area contributed by atoms with Crippen LogP contribution < -0.4 is 19.3 Å². The first kappa shape index (κ1) is 83.7. The Kier molecular flexibility index (Phi) is 32.2. The zero-order valence-corrected chi connectivity index (χ0v) is 63.2. The van der Waals surface area contributed by atoms with Crippen LogP contribution >= 0.6 is 0 Å². The Balaban J connectivity index is 0.000000311. The van der Waals surface area contributed by atoms with Gasteiger partial charge < -0.3 is 38.2 Å². The third kappa shape index (κ3) is 20.9. The van der Waals surface area contributed by atoms with E-state index in [1.807, 2.05) is 111 Å². The van der Waals surface area contributed by atoms with Gasteiger partial charge in [0, 0.05) is 66.4 Å². The van der Waals surface area contributed by atoms with Crippen LogP contribution in [0.2, 0.25) is 0 Å². The van der Waals surface area contributed by atoms with Gasteiger partial charge in [0.2, 0.25) is 0 Å². The standard InChI is InChI=1S/C44H50N4O3.C28H41NO3.C16H11N3O.CH4/c1-8-10-24-48(25-11-9-2)37-23-22-32(40(26-37)49-6)20-21-34-28-43(3,4)27-33(41(34)50-7)16-15-19-39-38(31-47)42(35(29-45)30-46)51-44(39,5)36-17-13-12-14-18-36;1-7-9-16-29(17-10-8-2)25-14-13-22(26(19-25)31-5)11-12-23-20-28(3,4)21-24(15-18-30)27(23)32-6;1-11-14(10-19)15(12(8-17)9-18)20-16(11,2)13-6-4-3-5-7-13;/h12-23,26H,8-11,24-25,27-28H2,1-7H3;11-15,18-19H,7-10,16-17,20-21H2,1-6H3;3-7H,1-2H3;1H4/b19-15+,21-20+,33-16+;12-11+,24-15+;;. The normalized spacial score (nSPS) is 18.7. The predicted octanol–water partition coefficient (Wildman–Crippen LogP) is 21.1. The first-order chi connectivity index (χ1) is 49.5. The fourth-order valence-electron chi connectivity index (χ4n) is 13.4. The maximum Gasteiger partial charge on any atom is 0.172 e. The molecule has 0 radical (unpaired) electrons. The summed E-state index contributed by atoms with van der Waals surface area (Å²) in [4.78, 5) is 16.1. The van der Waals surface area contributed by atoms with Gasteiger partial charge >= 0.3 is 0 Å². The summed E-state index contributed by atoms with van der Waals surface area (Å²) in [5.74, 6) is 3.41. The minimum atomic E-state index is -1.08. The van der Waals surface area contributed by atoms with Gasteiger partial charge in [0.15, 0.2) is 33.9 Å². The lowest BCUT2D eigenvalue weighted by Crippen LogP contribution is -2.25. The van der Waals surface area contributed by atoms with Crippen LogP contribution in [0.3, 0.4) is 0 Å². The summed E-state index contributed by atoms with van der Waals surface area (Å²) in [5, 5.41) is 56.7. The van der Waals surface area contributed by atoms with E-state index >= 15 is 0 Å². The lowest BCUT2D eigenvalue weighted by atomic mass is 9.74. The molecule has 8 rings (SSSR count). The van der Waals surface area contributed by atoms with Crippen molar-refractivity contribution in [2.45, 2.75) is 172 Å². The van der Waals surface area contributed by atoms with Crippen LogP contribution in [0.25, 0.3) is 12.2 Å². The van der Waals surface area contributed by atoms with Crippen molar-refractivity contribution in [2.24, 2.45) is 10.8 Å². The molecule has 0 fully saturated rings. The van der Waals surface area contributed by atoms with Crippen LogP contribution in [0.4, 0.5) is 11.4 Å². The fourth-order valence-corrected chi connectivity index (χ4v) is 13.4. The third-order valence-corrected chi connectivity index (χ3v) is 19.0. The molecule has 2 aliphatic carbocycles. The average Bonchev–Trinajstić information content (AvgIpc) is 1.61. The molecule has 0 amide bonds. The number of hydrogen-bond donors (Lipinski definition) is 0. The van der Waals surface area contributed by atoms with E-state index in [4.69, 9.17) is 38.9 Å². The van der Waals surface area contributed by atoms with Crippen LogP contribution in [-0.4, -0.2) is 60.9 Å². The van der Waals surface area contributed by atoms with Gasteiger partial charge in [-0.25, -0.2) is 0 Å². The molecule has 15 nitrogen and oxygen atoms in total. The van der Waals surface area contributed by atoms with Crippen LogP contribution in [0.5, 0.6) is 11.5 Å². The van der Waals surface area contributed by atoms with Gasteiger partial charge in [-0.2, -0.15) is 31.6 Å². The number of carbonyl (C=O) groups excluding carboxylic acids is 1. The third-order valence-electron chi connectivity index (χ3n) is 19.0. The van der Waals surface area contributed by atoms with Crippen molar-refractivity contribution < 1.29 is 33.2 Å². The van der Waals surface area contributed by atoms with E-state index in [9.17, 15) is 25.8 Å². The molecule has 0 spiro atoms. The Morgan fingerprint density at radius 1 is 0.490 bits per heavy atom. The van der Waals surface area contributed by atoms with E-state index in [0.717, 1.165) is 151 Å². The Bertz CT molecular complexity index is 4250. The summed E-state index contributed by atoms with van der Waals surface area (Å²) in [7, 11) is 6.83. The molecule has 0 N–H and O–H groups in total. The van der Waals surface area contributed by atoms with Crippen molar-refractivity contribution in [2.75, 3.05) is 64.4 Å². The highest BCUT2D eigenvalue weighted by molar-refractivity contribution is 5.71. The number of aldehydes is 1. The minimum Gasteiger partial charge on any atom is -0.496 e. The molecular formula is C89H106N8O7. The van der Waals surface area contributed by atoms with E-state index in [1.54, 1.807) is 53.6 Å². The Morgan fingerprint density at radius 2 is 0.875 bits per heavy atom. The highest BCUT2D eigenvalue weighted by Crippen LogP contribution is 2.49. The van der Waals surface area contributed by atoms with Gasteiger partial charge in [-0.3, -0.25) is 4.79 Å². The van der Waals surface area contributed by atoms with Crippen molar-refractivity contribution in [3.63, 3.8) is 0 Å². The predicted molar refractivity (Wildman–Crippen MR) is 418 cm³/mol. The maximum absolute atomic E-state index is 11.1. The van der Waals surface area contributed by atoms with E-state index in [-0.39, 0.29) is 52.1 Å². The number of benzene rings is 4. The molecule has 104 heavy (non-hydrogen) atoms. The number of unbranched alkanes of at least 4 members (excludes halogenated alkanes) is 4. The Labute approximate surface area is 620 Å². The Hall–Kier alpha value is -11.0. The highest BCUT2D eigenvalue weighted by Gasteiger charge is 2.45. The first-order valence-corrected chi connectivity index (χ1v) is 35.7. The highest BCUT2D eigenvalue weighted by atomic mass is 16.5. The number of allylic oxidation sites excluding steroid dienone is 13. The summed E-state index contributed by atoms with van der Waals surface area (Å²) in [6.45, 7) is 27.5. The molecule has 4 aromatic carbocycles. The summed E-state index contributed by atoms with van der Waals surface area (Å²) in [6.07, 6.45) is 29.4. The summed E-state index contributed by atoms with van der Waals surface area (Å²) in [6, 6.07) is 43.5. The molecule has 0 saturated heterocycles. The number of nitriles is 6. The van der Waals surface area contributed by atoms with Crippen LogP contribution in [-0.2, 0) is 34.9 Å². The maximum atomic E-state index is 11.1. The zero-order chi connectivity index (χ0) is 75.3. The molecule has 2 heterocycles. The zero-order valence-electron chi connectivity index (χ0n) is 63.2. The molecule has 0 saturated carbocycles. The topological polar surface area (TPSA) is 222 Å². The molecule has 0 aromatic heterocycles. The molecule has 4 aromatic rings. The van der Waals surface area contributed by atoms with Crippen molar-refractivity contribution >= 4 is 29.8 Å². The number of methoxy groups -OCH3 is 4. The van der Waals surface area contributed by atoms with E-state index in [2.05, 4.69) is 132 Å². The lowest BCUT2D eigenvalue weighted by Gasteiger charge is -2.33. The minimum absolute atomic E-state index is 0. The molecule has 2 unspecified atom stereocenters. The summed E-state index contributed by atoms with van der Waals surface area (Å²) < 4.78 is 35.5. The molecular weight excluding hydrogens is 1290 g/mol. The monoisotopic (exact) mass is 1400 g/mol. The number of carbonyl (C=O) groups is 1. The quantitative estimate of drug-likeness (QED) is 0.0308. The lowest BCUT2D eigenvalue weighted by molar-refractivity contribution is -0.104. The van der Waals surface area contributed by atoms with Crippen molar-refractivity contribution in [3.8, 4) is 47.9 Å². The Morgan fingerprint density at radius 3 is 1.24 bits per heavy atom.